The number of piperazine rings is 1. The van der Waals surface area contributed by atoms with E-state index in [4.69, 9.17) is 0 Å². The Morgan fingerprint density at radius 3 is 2.52 bits per heavy atom. The van der Waals surface area contributed by atoms with Crippen LogP contribution in [0.5, 0.6) is 0 Å². The molecule has 0 N–H and O–H groups in total. The molecule has 5 nitrogen and oxygen atoms in total. The highest BCUT2D eigenvalue weighted by atomic mass is 19.3. The van der Waals surface area contributed by atoms with Gasteiger partial charge in [-0.3, -0.25) is 14.4 Å². The minimum atomic E-state index is -2.53. The van der Waals surface area contributed by atoms with Crippen molar-refractivity contribution in [2.24, 2.45) is 0 Å². The second-order valence-electron chi connectivity index (χ2n) is 6.43. The molecule has 1 aromatic heterocycles. The summed E-state index contributed by atoms with van der Waals surface area (Å²) in [6, 6.07) is 10.5. The molecule has 1 aromatic carbocycles. The van der Waals surface area contributed by atoms with Crippen molar-refractivity contribution in [2.45, 2.75) is 13.1 Å². The average Bonchev–Trinajstić information content (AvgIpc) is 3.09. The molecule has 0 saturated carbocycles. The lowest BCUT2D eigenvalue weighted by Crippen LogP contribution is -2.48. The van der Waals surface area contributed by atoms with E-state index in [0.29, 0.717) is 12.4 Å². The molecule has 7 heteroatoms. The third-order valence-electron chi connectivity index (χ3n) is 4.66. The van der Waals surface area contributed by atoms with E-state index in [1.807, 2.05) is 18.0 Å². The van der Waals surface area contributed by atoms with Crippen molar-refractivity contribution in [3.63, 3.8) is 0 Å². The van der Waals surface area contributed by atoms with Crippen LogP contribution in [0.25, 0.3) is 0 Å². The smallest absolute Gasteiger partial charge is 0.319 e. The SMILES string of the molecule is CN(CCN1CCN(c2ccccc2)CC1)Cc1nccn1C(F)F. The molecular formula is C18H25F2N5. The third kappa shape index (κ3) is 4.76. The zero-order valence-corrected chi connectivity index (χ0v) is 14.6. The number of imidazole rings is 1. The molecule has 1 saturated heterocycles. The van der Waals surface area contributed by atoms with Crippen molar-refractivity contribution in [3.8, 4) is 0 Å². The van der Waals surface area contributed by atoms with Crippen LogP contribution in [0, 0.1) is 0 Å². The summed E-state index contributed by atoms with van der Waals surface area (Å²) in [6.07, 6.45) is 2.76. The first-order valence-corrected chi connectivity index (χ1v) is 8.64. The number of aromatic nitrogens is 2. The maximum absolute atomic E-state index is 12.9. The topological polar surface area (TPSA) is 27.5 Å². The first kappa shape index (κ1) is 17.8. The molecule has 25 heavy (non-hydrogen) atoms. The molecule has 2 heterocycles. The molecule has 0 spiro atoms. The normalized spacial score (nSPS) is 16.1. The van der Waals surface area contributed by atoms with Crippen molar-refractivity contribution in [1.82, 2.24) is 19.4 Å². The van der Waals surface area contributed by atoms with Gasteiger partial charge in [-0.1, -0.05) is 18.2 Å². The second-order valence-corrected chi connectivity index (χ2v) is 6.43. The van der Waals surface area contributed by atoms with Crippen LogP contribution in [0.2, 0.25) is 0 Å². The van der Waals surface area contributed by atoms with Gasteiger partial charge in [-0.05, 0) is 19.2 Å². The molecular weight excluding hydrogens is 324 g/mol. The summed E-state index contributed by atoms with van der Waals surface area (Å²) in [5.41, 5.74) is 1.28. The Hall–Kier alpha value is -1.99. The molecule has 0 unspecified atom stereocenters. The predicted molar refractivity (Wildman–Crippen MR) is 94.9 cm³/mol. The fraction of sp³-hybridized carbons (Fsp3) is 0.500. The Kier molecular flexibility index (Phi) is 5.99. The number of anilines is 1. The Morgan fingerprint density at radius 1 is 1.12 bits per heavy atom. The molecule has 1 fully saturated rings. The van der Waals surface area contributed by atoms with Crippen LogP contribution in [0.4, 0.5) is 14.5 Å². The van der Waals surface area contributed by atoms with E-state index >= 15 is 0 Å². The van der Waals surface area contributed by atoms with Crippen LogP contribution >= 0.6 is 0 Å². The van der Waals surface area contributed by atoms with Gasteiger partial charge in [-0.2, -0.15) is 8.78 Å². The molecule has 2 aromatic rings. The molecule has 1 aliphatic rings. The fourth-order valence-corrected chi connectivity index (χ4v) is 3.15. The molecule has 0 amide bonds. The van der Waals surface area contributed by atoms with Crippen molar-refractivity contribution < 1.29 is 8.78 Å². The van der Waals surface area contributed by atoms with Crippen LogP contribution in [0.3, 0.4) is 0 Å². The third-order valence-corrected chi connectivity index (χ3v) is 4.66. The standard InChI is InChI=1S/C18H25F2N5/c1-22(15-17-21-7-8-25(17)18(19)20)9-10-23-11-13-24(14-12-23)16-5-3-2-4-6-16/h2-8,18H,9-15H2,1H3. The lowest BCUT2D eigenvalue weighted by Gasteiger charge is -2.36. The van der Waals surface area contributed by atoms with E-state index in [9.17, 15) is 8.78 Å². The number of nitrogens with zero attached hydrogens (tertiary/aromatic N) is 5. The Balaban J connectivity index is 1.41. The summed E-state index contributed by atoms with van der Waals surface area (Å²) in [4.78, 5) is 10.9. The van der Waals surface area contributed by atoms with Crippen molar-refractivity contribution in [3.05, 3.63) is 48.5 Å². The minimum absolute atomic E-state index is 0.409. The molecule has 0 bridgehead atoms. The summed E-state index contributed by atoms with van der Waals surface area (Å²) in [5.74, 6) is 0.409. The zero-order valence-electron chi connectivity index (χ0n) is 14.6. The van der Waals surface area contributed by atoms with Crippen LogP contribution < -0.4 is 4.90 Å². The second kappa shape index (κ2) is 8.40. The molecule has 0 atom stereocenters. The van der Waals surface area contributed by atoms with Gasteiger partial charge in [0, 0.05) is 57.3 Å². The summed E-state index contributed by atoms with van der Waals surface area (Å²) in [5, 5.41) is 0. The molecule has 0 radical (unpaired) electrons. The van der Waals surface area contributed by atoms with Crippen LogP contribution in [-0.2, 0) is 6.54 Å². The van der Waals surface area contributed by atoms with Gasteiger partial charge in [-0.15, -0.1) is 0 Å². The zero-order chi connectivity index (χ0) is 17.6. The number of alkyl halides is 2. The van der Waals surface area contributed by atoms with Gasteiger partial charge in [0.2, 0.25) is 0 Å². The van der Waals surface area contributed by atoms with Crippen molar-refractivity contribution in [2.75, 3.05) is 51.2 Å². The number of hydrogen-bond acceptors (Lipinski definition) is 4. The maximum Gasteiger partial charge on any atom is 0.319 e. The van der Waals surface area contributed by atoms with E-state index in [-0.39, 0.29) is 0 Å². The predicted octanol–water partition coefficient (Wildman–Crippen LogP) is 2.53. The summed E-state index contributed by atoms with van der Waals surface area (Å²) >= 11 is 0. The lowest BCUT2D eigenvalue weighted by atomic mass is 10.2. The molecule has 1 aliphatic heterocycles. The number of para-hydroxylation sites is 1. The fourth-order valence-electron chi connectivity index (χ4n) is 3.15. The highest BCUT2D eigenvalue weighted by Crippen LogP contribution is 2.16. The van der Waals surface area contributed by atoms with Gasteiger partial charge in [-0.25, -0.2) is 4.98 Å². The number of likely N-dealkylation sites (N-methyl/N-ethyl adjacent to an activating group) is 1. The largest absolute Gasteiger partial charge is 0.369 e. The van der Waals surface area contributed by atoms with Crippen LogP contribution in [-0.4, -0.2) is 65.7 Å². The van der Waals surface area contributed by atoms with Gasteiger partial charge >= 0.3 is 6.55 Å². The highest BCUT2D eigenvalue weighted by molar-refractivity contribution is 5.46. The van der Waals surface area contributed by atoms with E-state index in [0.717, 1.165) is 43.8 Å². The number of hydrogen-bond donors (Lipinski definition) is 0. The van der Waals surface area contributed by atoms with Gasteiger partial charge in [0.1, 0.15) is 5.82 Å². The highest BCUT2D eigenvalue weighted by Gasteiger charge is 2.18. The molecule has 3 rings (SSSR count). The van der Waals surface area contributed by atoms with Gasteiger partial charge in [0.15, 0.2) is 0 Å². The monoisotopic (exact) mass is 349 g/mol. The van der Waals surface area contributed by atoms with Crippen LogP contribution in [0.1, 0.15) is 12.4 Å². The molecule has 136 valence electrons. The number of halogens is 2. The number of benzene rings is 1. The van der Waals surface area contributed by atoms with Gasteiger partial charge in [0.05, 0.1) is 6.54 Å². The van der Waals surface area contributed by atoms with E-state index in [1.165, 1.54) is 18.1 Å². The van der Waals surface area contributed by atoms with E-state index < -0.39 is 6.55 Å². The van der Waals surface area contributed by atoms with Gasteiger partial charge < -0.3 is 4.90 Å². The summed E-state index contributed by atoms with van der Waals surface area (Å²) in [7, 11) is 1.95. The first-order chi connectivity index (χ1) is 12.1. The average molecular weight is 349 g/mol. The van der Waals surface area contributed by atoms with E-state index in [1.54, 1.807) is 0 Å². The Bertz CT molecular complexity index is 638. The van der Waals surface area contributed by atoms with Crippen LogP contribution in [0.15, 0.2) is 42.7 Å². The van der Waals surface area contributed by atoms with Crippen molar-refractivity contribution in [1.29, 1.82) is 0 Å². The first-order valence-electron chi connectivity index (χ1n) is 8.64. The Morgan fingerprint density at radius 2 is 1.84 bits per heavy atom. The number of rotatable bonds is 7. The Labute approximate surface area is 147 Å². The van der Waals surface area contributed by atoms with E-state index in [2.05, 4.69) is 39.0 Å². The lowest BCUT2D eigenvalue weighted by molar-refractivity contribution is 0.0643. The summed E-state index contributed by atoms with van der Waals surface area (Å²) in [6.45, 7) is 3.75. The molecule has 0 aliphatic carbocycles. The minimum Gasteiger partial charge on any atom is -0.369 e. The maximum atomic E-state index is 12.9. The van der Waals surface area contributed by atoms with Gasteiger partial charge in [0.25, 0.3) is 0 Å². The summed E-state index contributed by atoms with van der Waals surface area (Å²) < 4.78 is 26.6. The van der Waals surface area contributed by atoms with Crippen molar-refractivity contribution >= 4 is 5.69 Å². The quantitative estimate of drug-likeness (QED) is 0.768.